The minimum atomic E-state index is -4.67. The Balaban J connectivity index is 2.05. The SMILES string of the molecule is Cc1cccc(C)c1-n1nnnc1Sc1ccc(C(F)(F)F)cc1[N+](=O)[O-]. The standard InChI is InChI=1S/C16H12F3N5O2S/c1-9-4-3-5-10(2)14(9)23-15(20-21-22-23)27-13-7-6-11(16(17,18)19)8-12(13)24(25)26/h3-8H,1-2H3. The highest BCUT2D eigenvalue weighted by atomic mass is 32.2. The van der Waals surface area contributed by atoms with Crippen molar-refractivity contribution in [3.05, 3.63) is 63.2 Å². The Morgan fingerprint density at radius 2 is 1.81 bits per heavy atom. The summed E-state index contributed by atoms with van der Waals surface area (Å²) in [5, 5.41) is 22.8. The Morgan fingerprint density at radius 3 is 2.41 bits per heavy atom. The molecule has 0 fully saturated rings. The quantitative estimate of drug-likeness (QED) is 0.482. The van der Waals surface area contributed by atoms with Crippen molar-refractivity contribution in [2.45, 2.75) is 30.1 Å². The van der Waals surface area contributed by atoms with Crippen LogP contribution in [0.25, 0.3) is 5.69 Å². The molecule has 3 aromatic rings. The van der Waals surface area contributed by atoms with Crippen LogP contribution in [0.5, 0.6) is 0 Å². The molecular formula is C16H12F3N5O2S. The molecule has 0 N–H and O–H groups in total. The number of rotatable bonds is 4. The topological polar surface area (TPSA) is 86.7 Å². The van der Waals surface area contributed by atoms with Crippen LogP contribution >= 0.6 is 11.8 Å². The normalized spacial score (nSPS) is 11.6. The van der Waals surface area contributed by atoms with E-state index in [1.807, 2.05) is 32.0 Å². The van der Waals surface area contributed by atoms with Gasteiger partial charge in [-0.25, -0.2) is 0 Å². The molecule has 7 nitrogen and oxygen atoms in total. The van der Waals surface area contributed by atoms with Crippen LogP contribution in [0.15, 0.2) is 46.5 Å². The largest absolute Gasteiger partial charge is 0.416 e. The molecule has 0 aliphatic heterocycles. The Morgan fingerprint density at radius 1 is 1.15 bits per heavy atom. The van der Waals surface area contributed by atoms with Gasteiger partial charge in [0, 0.05) is 6.07 Å². The second-order valence-corrected chi connectivity index (χ2v) is 6.66. The number of nitro benzene ring substituents is 1. The molecule has 2 aromatic carbocycles. The molecule has 1 aromatic heterocycles. The average molecular weight is 395 g/mol. The fourth-order valence-corrected chi connectivity index (χ4v) is 3.41. The molecule has 0 bridgehead atoms. The van der Waals surface area contributed by atoms with Crippen LogP contribution in [-0.2, 0) is 6.18 Å². The number of hydrogen-bond acceptors (Lipinski definition) is 6. The first-order valence-corrected chi connectivity index (χ1v) is 8.38. The van der Waals surface area contributed by atoms with Crippen molar-refractivity contribution >= 4 is 17.4 Å². The number of tetrazole rings is 1. The van der Waals surface area contributed by atoms with Gasteiger partial charge in [0.05, 0.1) is 21.1 Å². The van der Waals surface area contributed by atoms with Gasteiger partial charge in [-0.1, -0.05) is 18.2 Å². The van der Waals surface area contributed by atoms with Crippen LogP contribution in [-0.4, -0.2) is 25.1 Å². The van der Waals surface area contributed by atoms with E-state index in [4.69, 9.17) is 0 Å². The highest BCUT2D eigenvalue weighted by Crippen LogP contribution is 2.39. The molecule has 0 atom stereocenters. The molecule has 0 spiro atoms. The maximum Gasteiger partial charge on any atom is 0.416 e. The molecule has 1 heterocycles. The van der Waals surface area contributed by atoms with Crippen LogP contribution in [0.3, 0.4) is 0 Å². The summed E-state index contributed by atoms with van der Waals surface area (Å²) in [7, 11) is 0. The van der Waals surface area contributed by atoms with Gasteiger partial charge < -0.3 is 0 Å². The number of aryl methyl sites for hydroxylation is 2. The first-order chi connectivity index (χ1) is 12.7. The Hall–Kier alpha value is -2.95. The van der Waals surface area contributed by atoms with Gasteiger partial charge >= 0.3 is 6.18 Å². The van der Waals surface area contributed by atoms with E-state index >= 15 is 0 Å². The fraction of sp³-hybridized carbons (Fsp3) is 0.188. The molecule has 0 saturated heterocycles. The van der Waals surface area contributed by atoms with Crippen LogP contribution in [0.4, 0.5) is 18.9 Å². The number of para-hydroxylation sites is 1. The van der Waals surface area contributed by atoms with Crippen molar-refractivity contribution in [2.75, 3.05) is 0 Å². The Labute approximate surface area is 155 Å². The number of hydrogen-bond donors (Lipinski definition) is 0. The summed E-state index contributed by atoms with van der Waals surface area (Å²) in [4.78, 5) is 10.4. The maximum absolute atomic E-state index is 12.8. The predicted octanol–water partition coefficient (Wildman–Crippen LogP) is 4.36. The van der Waals surface area contributed by atoms with Gasteiger partial charge in [0.2, 0.25) is 5.16 Å². The van der Waals surface area contributed by atoms with E-state index in [9.17, 15) is 23.3 Å². The lowest BCUT2D eigenvalue weighted by atomic mass is 10.1. The van der Waals surface area contributed by atoms with Crippen LogP contribution in [0, 0.1) is 24.0 Å². The number of nitrogens with zero attached hydrogens (tertiary/aromatic N) is 5. The van der Waals surface area contributed by atoms with Gasteiger partial charge in [-0.3, -0.25) is 10.1 Å². The molecule has 0 aliphatic carbocycles. The third-order valence-electron chi connectivity index (χ3n) is 3.78. The van der Waals surface area contributed by atoms with E-state index in [2.05, 4.69) is 15.5 Å². The molecule has 0 unspecified atom stereocenters. The summed E-state index contributed by atoms with van der Waals surface area (Å²) < 4.78 is 40.0. The summed E-state index contributed by atoms with van der Waals surface area (Å²) in [6.07, 6.45) is -4.67. The lowest BCUT2D eigenvalue weighted by Gasteiger charge is -2.11. The number of halogens is 3. The third kappa shape index (κ3) is 3.77. The van der Waals surface area contributed by atoms with E-state index in [1.165, 1.54) is 4.68 Å². The average Bonchev–Trinajstić information content (AvgIpc) is 3.01. The fourth-order valence-electron chi connectivity index (χ4n) is 2.54. The molecule has 3 rings (SSSR count). The van der Waals surface area contributed by atoms with Gasteiger partial charge in [-0.15, -0.1) is 5.10 Å². The van der Waals surface area contributed by atoms with E-state index < -0.39 is 22.4 Å². The number of aromatic nitrogens is 4. The maximum atomic E-state index is 12.8. The van der Waals surface area contributed by atoms with Gasteiger partial charge in [0.15, 0.2) is 0 Å². The monoisotopic (exact) mass is 395 g/mol. The molecule has 27 heavy (non-hydrogen) atoms. The zero-order valence-electron chi connectivity index (χ0n) is 14.1. The molecular weight excluding hydrogens is 383 g/mol. The summed E-state index contributed by atoms with van der Waals surface area (Å²) in [6.45, 7) is 3.72. The second-order valence-electron chi connectivity index (χ2n) is 5.65. The summed E-state index contributed by atoms with van der Waals surface area (Å²) >= 11 is 0.825. The molecule has 0 amide bonds. The minimum Gasteiger partial charge on any atom is -0.258 e. The van der Waals surface area contributed by atoms with Crippen molar-refractivity contribution in [1.82, 2.24) is 20.2 Å². The smallest absolute Gasteiger partial charge is 0.258 e. The van der Waals surface area contributed by atoms with Gasteiger partial charge in [-0.05, 0) is 59.3 Å². The van der Waals surface area contributed by atoms with Gasteiger partial charge in [0.25, 0.3) is 5.69 Å². The number of benzene rings is 2. The summed E-state index contributed by atoms with van der Waals surface area (Å²) in [5.41, 5.74) is 0.718. The van der Waals surface area contributed by atoms with Gasteiger partial charge in [-0.2, -0.15) is 17.9 Å². The Bertz CT molecular complexity index is 999. The summed E-state index contributed by atoms with van der Waals surface area (Å²) in [6, 6.07) is 7.94. The van der Waals surface area contributed by atoms with Gasteiger partial charge in [0.1, 0.15) is 0 Å². The molecule has 0 radical (unpaired) electrons. The Kier molecular flexibility index (Phi) is 4.87. The first-order valence-electron chi connectivity index (χ1n) is 7.57. The second kappa shape index (κ2) is 6.99. The lowest BCUT2D eigenvalue weighted by Crippen LogP contribution is -2.06. The van der Waals surface area contributed by atoms with Crippen LogP contribution < -0.4 is 0 Å². The molecule has 140 valence electrons. The summed E-state index contributed by atoms with van der Waals surface area (Å²) in [5.74, 6) is 0. The van der Waals surface area contributed by atoms with E-state index in [-0.39, 0.29) is 10.1 Å². The van der Waals surface area contributed by atoms with E-state index in [1.54, 1.807) is 0 Å². The molecule has 11 heteroatoms. The highest BCUT2D eigenvalue weighted by molar-refractivity contribution is 7.99. The number of alkyl halides is 3. The zero-order chi connectivity index (χ0) is 19.8. The number of nitro groups is 1. The van der Waals surface area contributed by atoms with Crippen molar-refractivity contribution in [2.24, 2.45) is 0 Å². The van der Waals surface area contributed by atoms with Crippen LogP contribution in [0.1, 0.15) is 16.7 Å². The van der Waals surface area contributed by atoms with Crippen molar-refractivity contribution in [3.63, 3.8) is 0 Å². The zero-order valence-corrected chi connectivity index (χ0v) is 14.9. The predicted molar refractivity (Wildman–Crippen MR) is 90.8 cm³/mol. The van der Waals surface area contributed by atoms with Crippen molar-refractivity contribution < 1.29 is 18.1 Å². The lowest BCUT2D eigenvalue weighted by molar-refractivity contribution is -0.388. The van der Waals surface area contributed by atoms with Crippen LogP contribution in [0.2, 0.25) is 0 Å². The highest BCUT2D eigenvalue weighted by Gasteiger charge is 2.33. The third-order valence-corrected chi connectivity index (χ3v) is 4.78. The van der Waals surface area contributed by atoms with Crippen molar-refractivity contribution in [1.29, 1.82) is 0 Å². The minimum absolute atomic E-state index is 0.00953. The first kappa shape index (κ1) is 18.8. The van der Waals surface area contributed by atoms with Crippen molar-refractivity contribution in [3.8, 4) is 5.69 Å². The van der Waals surface area contributed by atoms with E-state index in [0.717, 1.165) is 35.0 Å². The molecule has 0 aliphatic rings. The molecule has 0 saturated carbocycles. The van der Waals surface area contributed by atoms with E-state index in [0.29, 0.717) is 11.8 Å².